The summed E-state index contributed by atoms with van der Waals surface area (Å²) in [6, 6.07) is -0.0388. The SMILES string of the molecule is CC1(CCNC(=O)N2CCC(C(=O)O)CC2)CC1. The van der Waals surface area contributed by atoms with Crippen LogP contribution in [0.25, 0.3) is 0 Å². The van der Waals surface area contributed by atoms with Crippen LogP contribution in [0.3, 0.4) is 0 Å². The van der Waals surface area contributed by atoms with Crippen LogP contribution in [0.4, 0.5) is 4.79 Å². The van der Waals surface area contributed by atoms with E-state index in [2.05, 4.69) is 12.2 Å². The summed E-state index contributed by atoms with van der Waals surface area (Å²) in [6.45, 7) is 4.09. The first-order chi connectivity index (χ1) is 8.50. The van der Waals surface area contributed by atoms with Crippen LogP contribution in [0.5, 0.6) is 0 Å². The van der Waals surface area contributed by atoms with Gasteiger partial charge in [-0.2, -0.15) is 0 Å². The van der Waals surface area contributed by atoms with Crippen molar-refractivity contribution in [1.29, 1.82) is 0 Å². The summed E-state index contributed by atoms with van der Waals surface area (Å²) < 4.78 is 0. The van der Waals surface area contributed by atoms with Gasteiger partial charge in [0.15, 0.2) is 0 Å². The van der Waals surface area contributed by atoms with Crippen molar-refractivity contribution >= 4 is 12.0 Å². The molecule has 0 atom stereocenters. The lowest BCUT2D eigenvalue weighted by Gasteiger charge is -2.30. The average molecular weight is 254 g/mol. The molecule has 0 aromatic rings. The van der Waals surface area contributed by atoms with E-state index in [1.165, 1.54) is 12.8 Å². The van der Waals surface area contributed by atoms with E-state index in [-0.39, 0.29) is 11.9 Å². The van der Waals surface area contributed by atoms with Crippen molar-refractivity contribution in [1.82, 2.24) is 10.2 Å². The van der Waals surface area contributed by atoms with E-state index in [0.29, 0.717) is 31.3 Å². The first kappa shape index (κ1) is 13.2. The number of aliphatic carboxylic acids is 1. The predicted octanol–water partition coefficient (Wildman–Crippen LogP) is 1.68. The lowest BCUT2D eigenvalue weighted by molar-refractivity contribution is -0.143. The molecule has 0 radical (unpaired) electrons. The maximum atomic E-state index is 11.8. The summed E-state index contributed by atoms with van der Waals surface area (Å²) >= 11 is 0. The number of carboxylic acid groups (broad SMARTS) is 1. The number of hydrogen-bond acceptors (Lipinski definition) is 2. The average Bonchev–Trinajstić information content (AvgIpc) is 3.07. The van der Waals surface area contributed by atoms with E-state index >= 15 is 0 Å². The molecule has 18 heavy (non-hydrogen) atoms. The molecule has 0 spiro atoms. The van der Waals surface area contributed by atoms with Crippen molar-refractivity contribution in [3.63, 3.8) is 0 Å². The molecular weight excluding hydrogens is 232 g/mol. The van der Waals surface area contributed by atoms with Gasteiger partial charge >= 0.3 is 12.0 Å². The number of likely N-dealkylation sites (tertiary alicyclic amines) is 1. The second kappa shape index (κ2) is 5.16. The van der Waals surface area contributed by atoms with E-state index in [9.17, 15) is 9.59 Å². The molecule has 1 heterocycles. The van der Waals surface area contributed by atoms with Gasteiger partial charge < -0.3 is 15.3 Å². The van der Waals surface area contributed by atoms with E-state index in [4.69, 9.17) is 5.11 Å². The molecule has 2 rings (SSSR count). The van der Waals surface area contributed by atoms with E-state index in [0.717, 1.165) is 13.0 Å². The topological polar surface area (TPSA) is 69.6 Å². The summed E-state index contributed by atoms with van der Waals surface area (Å²) in [6.07, 6.45) is 4.73. The Labute approximate surface area is 108 Å². The molecule has 2 fully saturated rings. The van der Waals surface area contributed by atoms with E-state index in [1.807, 2.05) is 0 Å². The van der Waals surface area contributed by atoms with Crippen LogP contribution < -0.4 is 5.32 Å². The summed E-state index contributed by atoms with van der Waals surface area (Å²) in [7, 11) is 0. The van der Waals surface area contributed by atoms with Crippen LogP contribution in [0, 0.1) is 11.3 Å². The number of amides is 2. The first-order valence-electron chi connectivity index (χ1n) is 6.76. The Kier molecular flexibility index (Phi) is 3.78. The number of urea groups is 1. The summed E-state index contributed by atoms with van der Waals surface area (Å²) in [4.78, 5) is 24.4. The van der Waals surface area contributed by atoms with Crippen LogP contribution in [-0.4, -0.2) is 41.6 Å². The Morgan fingerprint density at radius 3 is 2.44 bits per heavy atom. The molecule has 1 aliphatic heterocycles. The van der Waals surface area contributed by atoms with Crippen LogP contribution in [0.1, 0.15) is 39.0 Å². The normalized spacial score (nSPS) is 22.6. The minimum absolute atomic E-state index is 0.0388. The smallest absolute Gasteiger partial charge is 0.317 e. The highest BCUT2D eigenvalue weighted by Gasteiger charge is 2.36. The fourth-order valence-electron chi connectivity index (χ4n) is 2.38. The molecular formula is C13H22N2O3. The molecule has 0 aromatic carbocycles. The van der Waals surface area contributed by atoms with Gasteiger partial charge in [0.2, 0.25) is 0 Å². The number of carboxylic acids is 1. The highest BCUT2D eigenvalue weighted by atomic mass is 16.4. The van der Waals surface area contributed by atoms with Crippen molar-refractivity contribution in [3.8, 4) is 0 Å². The van der Waals surface area contributed by atoms with Gasteiger partial charge in [-0.15, -0.1) is 0 Å². The van der Waals surface area contributed by atoms with Crippen molar-refractivity contribution in [2.45, 2.75) is 39.0 Å². The molecule has 5 heteroatoms. The number of nitrogens with zero attached hydrogens (tertiary/aromatic N) is 1. The molecule has 2 amide bonds. The summed E-state index contributed by atoms with van der Waals surface area (Å²) in [5.74, 6) is -1.02. The van der Waals surface area contributed by atoms with Crippen LogP contribution in [0.2, 0.25) is 0 Å². The van der Waals surface area contributed by atoms with Gasteiger partial charge in [0.1, 0.15) is 0 Å². The number of nitrogens with one attached hydrogen (secondary N) is 1. The quantitative estimate of drug-likeness (QED) is 0.802. The van der Waals surface area contributed by atoms with Crippen LogP contribution in [-0.2, 0) is 4.79 Å². The Morgan fingerprint density at radius 2 is 1.94 bits per heavy atom. The highest BCUT2D eigenvalue weighted by molar-refractivity contribution is 5.75. The minimum Gasteiger partial charge on any atom is -0.481 e. The van der Waals surface area contributed by atoms with Crippen LogP contribution >= 0.6 is 0 Å². The lowest BCUT2D eigenvalue weighted by Crippen LogP contribution is -2.45. The summed E-state index contributed by atoms with van der Waals surface area (Å²) in [5.41, 5.74) is 0.462. The van der Waals surface area contributed by atoms with Gasteiger partial charge in [-0.25, -0.2) is 4.79 Å². The molecule has 2 aliphatic rings. The third-order valence-corrected chi connectivity index (χ3v) is 4.24. The standard InChI is InChI=1S/C13H22N2O3/c1-13(4-5-13)6-7-14-12(18)15-8-2-10(3-9-15)11(16)17/h10H,2-9H2,1H3,(H,14,18)(H,16,17). The third kappa shape index (κ3) is 3.37. The first-order valence-corrected chi connectivity index (χ1v) is 6.76. The third-order valence-electron chi connectivity index (χ3n) is 4.24. The van der Waals surface area contributed by atoms with Crippen molar-refractivity contribution in [2.24, 2.45) is 11.3 Å². The molecule has 2 N–H and O–H groups in total. The van der Waals surface area contributed by atoms with E-state index < -0.39 is 5.97 Å². The minimum atomic E-state index is -0.739. The van der Waals surface area contributed by atoms with Crippen LogP contribution in [0.15, 0.2) is 0 Å². The molecule has 1 saturated carbocycles. The Hall–Kier alpha value is -1.26. The Bertz CT molecular complexity index is 331. The van der Waals surface area contributed by atoms with Gasteiger partial charge in [-0.3, -0.25) is 4.79 Å². The predicted molar refractivity (Wildman–Crippen MR) is 67.3 cm³/mol. The monoisotopic (exact) mass is 254 g/mol. The number of carbonyl (C=O) groups is 2. The highest BCUT2D eigenvalue weighted by Crippen LogP contribution is 2.47. The number of hydrogen-bond donors (Lipinski definition) is 2. The van der Waals surface area contributed by atoms with Crippen molar-refractivity contribution in [3.05, 3.63) is 0 Å². The van der Waals surface area contributed by atoms with Crippen molar-refractivity contribution in [2.75, 3.05) is 19.6 Å². The van der Waals surface area contributed by atoms with Gasteiger partial charge in [0.05, 0.1) is 5.92 Å². The lowest BCUT2D eigenvalue weighted by atomic mass is 9.97. The molecule has 1 aliphatic carbocycles. The summed E-state index contributed by atoms with van der Waals surface area (Å²) in [5, 5.41) is 11.8. The second-order valence-corrected chi connectivity index (χ2v) is 5.89. The zero-order chi connectivity index (χ0) is 13.2. The molecule has 0 unspecified atom stereocenters. The Morgan fingerprint density at radius 1 is 1.33 bits per heavy atom. The number of rotatable bonds is 4. The molecule has 1 saturated heterocycles. The maximum absolute atomic E-state index is 11.8. The van der Waals surface area contributed by atoms with E-state index in [1.54, 1.807) is 4.90 Å². The van der Waals surface area contributed by atoms with Gasteiger partial charge in [-0.05, 0) is 37.5 Å². The Balaban J connectivity index is 1.65. The fraction of sp³-hybridized carbons (Fsp3) is 0.846. The van der Waals surface area contributed by atoms with Gasteiger partial charge in [0.25, 0.3) is 0 Å². The molecule has 102 valence electrons. The van der Waals surface area contributed by atoms with Gasteiger partial charge in [-0.1, -0.05) is 6.92 Å². The van der Waals surface area contributed by atoms with Crippen molar-refractivity contribution < 1.29 is 14.7 Å². The number of piperidine rings is 1. The molecule has 5 nitrogen and oxygen atoms in total. The zero-order valence-corrected chi connectivity index (χ0v) is 10.9. The second-order valence-electron chi connectivity index (χ2n) is 5.89. The van der Waals surface area contributed by atoms with Gasteiger partial charge in [0, 0.05) is 19.6 Å². The number of carbonyl (C=O) groups excluding carboxylic acids is 1. The molecule has 0 aromatic heterocycles. The fourth-order valence-corrected chi connectivity index (χ4v) is 2.38. The molecule has 0 bridgehead atoms. The largest absolute Gasteiger partial charge is 0.481 e. The zero-order valence-electron chi connectivity index (χ0n) is 10.9. The maximum Gasteiger partial charge on any atom is 0.317 e.